The van der Waals surface area contributed by atoms with Crippen LogP contribution in [0.5, 0.6) is 5.75 Å². The zero-order valence-corrected chi connectivity index (χ0v) is 21.7. The second-order valence-electron chi connectivity index (χ2n) is 9.67. The van der Waals surface area contributed by atoms with Crippen LogP contribution in [-0.2, 0) is 14.4 Å². The molecule has 1 fully saturated rings. The van der Waals surface area contributed by atoms with Crippen molar-refractivity contribution in [3.63, 3.8) is 0 Å². The number of halogens is 1. The van der Waals surface area contributed by atoms with Gasteiger partial charge in [-0.1, -0.05) is 49.6 Å². The van der Waals surface area contributed by atoms with E-state index < -0.39 is 23.7 Å². The van der Waals surface area contributed by atoms with Crippen LogP contribution in [0, 0.1) is 5.82 Å². The summed E-state index contributed by atoms with van der Waals surface area (Å²) in [6, 6.07) is 15.8. The Labute approximate surface area is 227 Å². The molecule has 3 N–H and O–H groups in total. The number of amides is 3. The Bertz CT molecular complexity index is 1260. The fourth-order valence-corrected chi connectivity index (χ4v) is 4.83. The summed E-state index contributed by atoms with van der Waals surface area (Å²) in [5.41, 5.74) is 0.405. The minimum atomic E-state index is -1.17. The van der Waals surface area contributed by atoms with Crippen LogP contribution in [0.15, 0.2) is 72.9 Å². The number of phenols is 1. The monoisotopic (exact) mass is 532 g/mol. The predicted molar refractivity (Wildman–Crippen MR) is 146 cm³/mol. The number of nitrogens with one attached hydrogen (secondary N) is 2. The van der Waals surface area contributed by atoms with E-state index in [9.17, 15) is 19.5 Å². The molecule has 0 unspecified atom stereocenters. The number of nitrogens with zero attached hydrogens (tertiary/aromatic N) is 2. The van der Waals surface area contributed by atoms with Gasteiger partial charge in [-0.3, -0.25) is 19.3 Å². The van der Waals surface area contributed by atoms with Gasteiger partial charge < -0.3 is 15.7 Å². The summed E-state index contributed by atoms with van der Waals surface area (Å²) in [7, 11) is 0. The van der Waals surface area contributed by atoms with E-state index in [-0.39, 0.29) is 42.6 Å². The highest BCUT2D eigenvalue weighted by molar-refractivity contribution is 6.01. The van der Waals surface area contributed by atoms with Crippen LogP contribution in [0.2, 0.25) is 0 Å². The van der Waals surface area contributed by atoms with Crippen LogP contribution in [0.25, 0.3) is 0 Å². The van der Waals surface area contributed by atoms with Gasteiger partial charge in [0, 0.05) is 25.1 Å². The van der Waals surface area contributed by atoms with Gasteiger partial charge in [0.15, 0.2) is 0 Å². The third-order valence-electron chi connectivity index (χ3n) is 6.77. The molecule has 3 aromatic rings. The molecule has 1 atom stereocenters. The maximum absolute atomic E-state index is 15.1. The number of phenolic OH excluding ortho intramolecular Hbond substituents is 1. The lowest BCUT2D eigenvalue weighted by molar-refractivity contribution is -0.127. The molecule has 8 nitrogen and oxygen atoms in total. The van der Waals surface area contributed by atoms with Gasteiger partial charge in [0.1, 0.15) is 23.4 Å². The van der Waals surface area contributed by atoms with E-state index in [1.807, 2.05) is 0 Å². The van der Waals surface area contributed by atoms with E-state index >= 15 is 4.39 Å². The van der Waals surface area contributed by atoms with Crippen LogP contribution in [0.4, 0.5) is 15.9 Å². The zero-order chi connectivity index (χ0) is 27.6. The van der Waals surface area contributed by atoms with Crippen molar-refractivity contribution in [1.29, 1.82) is 0 Å². The molecule has 1 saturated carbocycles. The van der Waals surface area contributed by atoms with Crippen LogP contribution >= 0.6 is 0 Å². The third kappa shape index (κ3) is 7.63. The molecule has 1 aromatic heterocycles. The van der Waals surface area contributed by atoms with Gasteiger partial charge in [0.2, 0.25) is 17.7 Å². The molecule has 0 aliphatic heterocycles. The summed E-state index contributed by atoms with van der Waals surface area (Å²) >= 11 is 0. The lowest BCUT2D eigenvalue weighted by Crippen LogP contribution is -2.47. The number of aromatic hydroxyl groups is 1. The summed E-state index contributed by atoms with van der Waals surface area (Å²) in [4.78, 5) is 45.1. The number of para-hydroxylation sites is 1. The second-order valence-corrected chi connectivity index (χ2v) is 9.67. The highest BCUT2D eigenvalue weighted by Gasteiger charge is 2.35. The van der Waals surface area contributed by atoms with Gasteiger partial charge in [-0.2, -0.15) is 0 Å². The van der Waals surface area contributed by atoms with Crippen molar-refractivity contribution in [3.8, 4) is 5.75 Å². The number of anilines is 2. The lowest BCUT2D eigenvalue weighted by atomic mass is 9.94. The van der Waals surface area contributed by atoms with E-state index in [1.165, 1.54) is 35.2 Å². The van der Waals surface area contributed by atoms with Gasteiger partial charge in [-0.25, -0.2) is 9.37 Å². The number of hydrogen-bond acceptors (Lipinski definition) is 5. The van der Waals surface area contributed by atoms with Gasteiger partial charge in [-0.05, 0) is 61.2 Å². The number of aromatic nitrogens is 1. The minimum absolute atomic E-state index is 0.00729. The summed E-state index contributed by atoms with van der Waals surface area (Å²) in [6.45, 7) is 0. The van der Waals surface area contributed by atoms with Crippen molar-refractivity contribution in [2.45, 2.75) is 63.5 Å². The van der Waals surface area contributed by atoms with Crippen LogP contribution in [0.1, 0.15) is 63.0 Å². The first-order valence-electron chi connectivity index (χ1n) is 13.3. The highest BCUT2D eigenvalue weighted by Crippen LogP contribution is 2.32. The standard InChI is InChI=1S/C30H33FN4O4/c31-24-11-4-5-12-25(24)35(28(38)15-8-14-27(37)34-26-13-6-7-20-32-26)29(21-16-18-23(36)19-17-21)30(39)33-22-9-2-1-3-10-22/h4-7,11-13,16-20,22,29,36H,1-3,8-10,14-15H2,(H,33,39)(H,32,34,37)/t29-/m1/s1. The summed E-state index contributed by atoms with van der Waals surface area (Å²) in [6.07, 6.45) is 6.52. The van der Waals surface area contributed by atoms with Crippen molar-refractivity contribution < 1.29 is 23.9 Å². The smallest absolute Gasteiger partial charge is 0.248 e. The zero-order valence-electron chi connectivity index (χ0n) is 21.7. The molecule has 0 spiro atoms. The summed E-state index contributed by atoms with van der Waals surface area (Å²) in [5, 5.41) is 15.6. The molecule has 39 heavy (non-hydrogen) atoms. The number of rotatable bonds is 10. The molecule has 0 saturated heterocycles. The molecule has 1 aliphatic carbocycles. The Balaban J connectivity index is 1.58. The molecule has 4 rings (SSSR count). The SMILES string of the molecule is O=C(CCCC(=O)N(c1ccccc1F)[C@@H](C(=O)NC1CCCCC1)c1ccc(O)cc1)Nc1ccccn1. The lowest BCUT2D eigenvalue weighted by Gasteiger charge is -2.33. The topological polar surface area (TPSA) is 112 Å². The normalized spacial score (nSPS) is 14.3. The van der Waals surface area contributed by atoms with Crippen molar-refractivity contribution in [3.05, 3.63) is 84.3 Å². The van der Waals surface area contributed by atoms with E-state index in [2.05, 4.69) is 15.6 Å². The number of benzene rings is 2. The molecule has 3 amide bonds. The molecule has 204 valence electrons. The maximum atomic E-state index is 15.1. The fourth-order valence-electron chi connectivity index (χ4n) is 4.83. The second kappa shape index (κ2) is 13.5. The maximum Gasteiger partial charge on any atom is 0.248 e. The van der Waals surface area contributed by atoms with Gasteiger partial charge in [0.25, 0.3) is 0 Å². The van der Waals surface area contributed by atoms with Crippen molar-refractivity contribution in [2.75, 3.05) is 10.2 Å². The van der Waals surface area contributed by atoms with Gasteiger partial charge in [-0.15, -0.1) is 0 Å². The average Bonchev–Trinajstić information content (AvgIpc) is 2.94. The Morgan fingerprint density at radius 1 is 0.949 bits per heavy atom. The summed E-state index contributed by atoms with van der Waals surface area (Å²) in [5.74, 6) is -1.45. The largest absolute Gasteiger partial charge is 0.508 e. The van der Waals surface area contributed by atoms with E-state index in [1.54, 1.807) is 42.6 Å². The quantitative estimate of drug-likeness (QED) is 0.330. The fraction of sp³-hybridized carbons (Fsp3) is 0.333. The molecular weight excluding hydrogens is 499 g/mol. The molecule has 0 bridgehead atoms. The predicted octanol–water partition coefficient (Wildman–Crippen LogP) is 5.26. The Kier molecular flexibility index (Phi) is 9.61. The highest BCUT2D eigenvalue weighted by atomic mass is 19.1. The van der Waals surface area contributed by atoms with E-state index in [4.69, 9.17) is 0 Å². The minimum Gasteiger partial charge on any atom is -0.508 e. The average molecular weight is 533 g/mol. The molecule has 9 heteroatoms. The van der Waals surface area contributed by atoms with Crippen LogP contribution in [0.3, 0.4) is 0 Å². The Hall–Kier alpha value is -4.27. The third-order valence-corrected chi connectivity index (χ3v) is 6.77. The van der Waals surface area contributed by atoms with Gasteiger partial charge >= 0.3 is 0 Å². The number of pyridine rings is 1. The van der Waals surface area contributed by atoms with Gasteiger partial charge in [0.05, 0.1) is 5.69 Å². The van der Waals surface area contributed by atoms with E-state index in [0.717, 1.165) is 32.1 Å². The van der Waals surface area contributed by atoms with Crippen molar-refractivity contribution in [2.24, 2.45) is 0 Å². The van der Waals surface area contributed by atoms with Crippen LogP contribution in [-0.4, -0.2) is 33.9 Å². The molecule has 1 heterocycles. The molecule has 2 aromatic carbocycles. The van der Waals surface area contributed by atoms with Crippen molar-refractivity contribution >= 4 is 29.2 Å². The Morgan fingerprint density at radius 3 is 2.36 bits per heavy atom. The van der Waals surface area contributed by atoms with Crippen LogP contribution < -0.4 is 15.5 Å². The Morgan fingerprint density at radius 2 is 1.67 bits per heavy atom. The first kappa shape index (κ1) is 27.8. The van der Waals surface area contributed by atoms with E-state index in [0.29, 0.717) is 11.4 Å². The number of carbonyl (C=O) groups excluding carboxylic acids is 3. The first-order chi connectivity index (χ1) is 18.9. The molecule has 0 radical (unpaired) electrons. The van der Waals surface area contributed by atoms with Crippen molar-refractivity contribution in [1.82, 2.24) is 10.3 Å². The number of hydrogen-bond donors (Lipinski definition) is 3. The number of carbonyl (C=O) groups is 3. The molecule has 1 aliphatic rings. The first-order valence-corrected chi connectivity index (χ1v) is 13.3. The molecular formula is C30H33FN4O4. The summed E-state index contributed by atoms with van der Waals surface area (Å²) < 4.78 is 15.1.